The summed E-state index contributed by atoms with van der Waals surface area (Å²) in [6.45, 7) is 2.24. The van der Waals surface area contributed by atoms with E-state index in [1.807, 2.05) is 24.3 Å². The average molecular weight is 393 g/mol. The number of hydrogen-bond donors (Lipinski definition) is 2. The van der Waals surface area contributed by atoms with E-state index in [1.54, 1.807) is 6.07 Å². The van der Waals surface area contributed by atoms with Gasteiger partial charge in [0.25, 0.3) is 0 Å². The summed E-state index contributed by atoms with van der Waals surface area (Å²) in [6, 6.07) is 16.1. The van der Waals surface area contributed by atoms with Crippen LogP contribution in [0.1, 0.15) is 78.9 Å². The van der Waals surface area contributed by atoms with Gasteiger partial charge in [-0.25, -0.2) is 4.79 Å². The summed E-state index contributed by atoms with van der Waals surface area (Å²) in [7, 11) is 0. The highest BCUT2D eigenvalue weighted by Crippen LogP contribution is 2.54. The Morgan fingerprint density at radius 1 is 1.14 bits per heavy atom. The molecular weight excluding hydrogens is 360 g/mol. The molecule has 0 radical (unpaired) electrons. The van der Waals surface area contributed by atoms with Crippen LogP contribution in [0.4, 0.5) is 0 Å². The highest BCUT2D eigenvalue weighted by Gasteiger charge is 2.50. The SMILES string of the molecule is CCC[C@@]12CC[C@](O)(Cc3ccccc3)C[C@@H]1CCCc1cc(C(=O)O)ccc12. The minimum absolute atomic E-state index is 0.0700. The first-order valence-corrected chi connectivity index (χ1v) is 11.1. The first kappa shape index (κ1) is 20.2. The maximum absolute atomic E-state index is 11.5. The zero-order valence-corrected chi connectivity index (χ0v) is 17.4. The van der Waals surface area contributed by atoms with Crippen molar-refractivity contribution in [3.8, 4) is 0 Å². The molecule has 0 unspecified atom stereocenters. The van der Waals surface area contributed by atoms with Crippen LogP contribution in [0.2, 0.25) is 0 Å². The van der Waals surface area contributed by atoms with E-state index < -0.39 is 11.6 Å². The predicted molar refractivity (Wildman–Crippen MR) is 115 cm³/mol. The number of fused-ring (bicyclic) bond motifs is 3. The van der Waals surface area contributed by atoms with Crippen molar-refractivity contribution in [1.82, 2.24) is 0 Å². The highest BCUT2D eigenvalue weighted by atomic mass is 16.4. The van der Waals surface area contributed by atoms with Crippen LogP contribution in [0.5, 0.6) is 0 Å². The fraction of sp³-hybridized carbons (Fsp3) is 0.500. The van der Waals surface area contributed by atoms with Gasteiger partial charge in [-0.15, -0.1) is 0 Å². The molecule has 3 nitrogen and oxygen atoms in total. The molecule has 0 aliphatic heterocycles. The molecule has 3 heteroatoms. The smallest absolute Gasteiger partial charge is 0.335 e. The fourth-order valence-corrected chi connectivity index (χ4v) is 6.15. The molecule has 2 N–H and O–H groups in total. The maximum atomic E-state index is 11.5. The summed E-state index contributed by atoms with van der Waals surface area (Å²) in [5.74, 6) is -0.402. The number of hydrogen-bond acceptors (Lipinski definition) is 2. The first-order chi connectivity index (χ1) is 14.0. The van der Waals surface area contributed by atoms with E-state index in [2.05, 4.69) is 25.1 Å². The third kappa shape index (κ3) is 3.85. The van der Waals surface area contributed by atoms with Gasteiger partial charge in [0, 0.05) is 6.42 Å². The lowest BCUT2D eigenvalue weighted by Gasteiger charge is -2.50. The third-order valence-electron chi connectivity index (χ3n) is 7.40. The molecule has 0 heterocycles. The summed E-state index contributed by atoms with van der Waals surface area (Å²) in [6.07, 6.45) is 8.66. The van der Waals surface area contributed by atoms with Crippen LogP contribution in [0, 0.1) is 5.92 Å². The predicted octanol–water partition coefficient (Wildman–Crippen LogP) is 5.53. The van der Waals surface area contributed by atoms with Crippen molar-refractivity contribution in [2.24, 2.45) is 5.92 Å². The third-order valence-corrected chi connectivity index (χ3v) is 7.40. The van der Waals surface area contributed by atoms with E-state index in [1.165, 1.54) is 16.7 Å². The Kier molecular flexibility index (Phi) is 5.52. The van der Waals surface area contributed by atoms with Crippen LogP contribution in [-0.4, -0.2) is 21.8 Å². The molecule has 2 aromatic carbocycles. The van der Waals surface area contributed by atoms with Crippen LogP contribution in [0.3, 0.4) is 0 Å². The summed E-state index contributed by atoms with van der Waals surface area (Å²) in [5, 5.41) is 21.0. The zero-order valence-electron chi connectivity index (χ0n) is 17.4. The van der Waals surface area contributed by atoms with Gasteiger partial charge in [0.15, 0.2) is 0 Å². The van der Waals surface area contributed by atoms with Gasteiger partial charge in [-0.05, 0) is 85.1 Å². The van der Waals surface area contributed by atoms with Crippen molar-refractivity contribution < 1.29 is 15.0 Å². The quantitative estimate of drug-likeness (QED) is 0.703. The lowest BCUT2D eigenvalue weighted by molar-refractivity contribution is -0.0488. The Balaban J connectivity index is 1.68. The Labute approximate surface area is 173 Å². The standard InChI is InChI=1S/C26H32O3/c1-2-13-26-15-14-25(29,17-19-7-4-3-5-8-19)18-22(26)10-6-9-20-16-21(24(27)28)11-12-23(20)26/h3-5,7-8,11-12,16,22,29H,2,6,9-10,13-15,17-18H2,1H3,(H,27,28)/t22-,25-,26+/m0/s1. The van der Waals surface area contributed by atoms with Gasteiger partial charge in [-0.2, -0.15) is 0 Å². The maximum Gasteiger partial charge on any atom is 0.335 e. The molecule has 2 aliphatic rings. The van der Waals surface area contributed by atoms with Crippen molar-refractivity contribution in [3.05, 3.63) is 70.8 Å². The van der Waals surface area contributed by atoms with Crippen LogP contribution in [-0.2, 0) is 18.3 Å². The zero-order chi connectivity index (χ0) is 20.5. The number of carboxylic acids is 1. The summed E-state index contributed by atoms with van der Waals surface area (Å²) >= 11 is 0. The summed E-state index contributed by atoms with van der Waals surface area (Å²) in [5.41, 5.74) is 3.60. The van der Waals surface area contributed by atoms with E-state index in [9.17, 15) is 15.0 Å². The normalized spacial score (nSPS) is 28.8. The summed E-state index contributed by atoms with van der Waals surface area (Å²) < 4.78 is 0. The largest absolute Gasteiger partial charge is 0.478 e. The fourth-order valence-electron chi connectivity index (χ4n) is 6.15. The summed E-state index contributed by atoms with van der Waals surface area (Å²) in [4.78, 5) is 11.5. The Hall–Kier alpha value is -2.13. The number of aromatic carboxylic acids is 1. The minimum Gasteiger partial charge on any atom is -0.478 e. The molecule has 29 heavy (non-hydrogen) atoms. The molecule has 1 fully saturated rings. The number of aliphatic hydroxyl groups is 1. The minimum atomic E-state index is -0.848. The van der Waals surface area contributed by atoms with Gasteiger partial charge in [-0.3, -0.25) is 0 Å². The molecule has 2 aromatic rings. The van der Waals surface area contributed by atoms with Crippen LogP contribution in [0.15, 0.2) is 48.5 Å². The van der Waals surface area contributed by atoms with Gasteiger partial charge in [-0.1, -0.05) is 49.7 Å². The molecule has 0 saturated heterocycles. The van der Waals surface area contributed by atoms with Crippen molar-refractivity contribution in [1.29, 1.82) is 0 Å². The second-order valence-electron chi connectivity index (χ2n) is 9.26. The number of carboxylic acid groups (broad SMARTS) is 1. The lowest BCUT2D eigenvalue weighted by Crippen LogP contribution is -2.48. The Morgan fingerprint density at radius 2 is 1.93 bits per heavy atom. The number of carbonyl (C=O) groups is 1. The van der Waals surface area contributed by atoms with Gasteiger partial charge in [0.05, 0.1) is 11.2 Å². The molecule has 154 valence electrons. The van der Waals surface area contributed by atoms with E-state index in [0.717, 1.165) is 57.8 Å². The second kappa shape index (κ2) is 7.95. The van der Waals surface area contributed by atoms with E-state index in [4.69, 9.17) is 0 Å². The molecule has 0 amide bonds. The molecule has 3 atom stereocenters. The molecular formula is C26H32O3. The highest BCUT2D eigenvalue weighted by molar-refractivity contribution is 5.88. The van der Waals surface area contributed by atoms with Crippen molar-refractivity contribution >= 4 is 5.97 Å². The molecule has 2 aliphatic carbocycles. The van der Waals surface area contributed by atoms with E-state index in [-0.39, 0.29) is 5.41 Å². The van der Waals surface area contributed by atoms with Crippen LogP contribution >= 0.6 is 0 Å². The van der Waals surface area contributed by atoms with Crippen LogP contribution < -0.4 is 0 Å². The van der Waals surface area contributed by atoms with E-state index >= 15 is 0 Å². The first-order valence-electron chi connectivity index (χ1n) is 11.1. The Morgan fingerprint density at radius 3 is 2.66 bits per heavy atom. The lowest BCUT2D eigenvalue weighted by atomic mass is 9.55. The number of aryl methyl sites for hydroxylation is 1. The average Bonchev–Trinajstić information content (AvgIpc) is 2.85. The molecule has 0 aromatic heterocycles. The van der Waals surface area contributed by atoms with Crippen molar-refractivity contribution in [2.45, 2.75) is 75.7 Å². The number of benzene rings is 2. The monoisotopic (exact) mass is 392 g/mol. The number of rotatable bonds is 5. The van der Waals surface area contributed by atoms with Gasteiger partial charge >= 0.3 is 5.97 Å². The second-order valence-corrected chi connectivity index (χ2v) is 9.26. The Bertz CT molecular complexity index is 875. The molecule has 1 saturated carbocycles. The van der Waals surface area contributed by atoms with Gasteiger partial charge < -0.3 is 10.2 Å². The van der Waals surface area contributed by atoms with Crippen LogP contribution in [0.25, 0.3) is 0 Å². The molecule has 4 rings (SSSR count). The molecule has 0 bridgehead atoms. The van der Waals surface area contributed by atoms with E-state index in [0.29, 0.717) is 11.5 Å². The topological polar surface area (TPSA) is 57.5 Å². The van der Waals surface area contributed by atoms with Gasteiger partial charge in [0.1, 0.15) is 0 Å². The molecule has 0 spiro atoms. The van der Waals surface area contributed by atoms with Crippen molar-refractivity contribution in [2.75, 3.05) is 0 Å². The van der Waals surface area contributed by atoms with Gasteiger partial charge in [0.2, 0.25) is 0 Å². The van der Waals surface area contributed by atoms with Crippen molar-refractivity contribution in [3.63, 3.8) is 0 Å².